The second kappa shape index (κ2) is 6.41. The molecule has 0 amide bonds. The smallest absolute Gasteiger partial charge is 0.200 e. The third-order valence-electron chi connectivity index (χ3n) is 5.55. The highest BCUT2D eigenvalue weighted by Crippen LogP contribution is 2.36. The minimum atomic E-state index is 0.140. The van der Waals surface area contributed by atoms with E-state index in [0.29, 0.717) is 5.96 Å². The van der Waals surface area contributed by atoms with E-state index >= 15 is 0 Å². The first-order valence-corrected chi connectivity index (χ1v) is 9.56. The fraction of sp³-hybridized carbons (Fsp3) is 0.292. The van der Waals surface area contributed by atoms with Gasteiger partial charge in [0.15, 0.2) is 0 Å². The Labute approximate surface area is 161 Å². The molecule has 0 spiro atoms. The summed E-state index contributed by atoms with van der Waals surface area (Å²) >= 11 is 0. The van der Waals surface area contributed by atoms with Gasteiger partial charge in [-0.3, -0.25) is 0 Å². The lowest BCUT2D eigenvalue weighted by Crippen LogP contribution is -2.33. The summed E-state index contributed by atoms with van der Waals surface area (Å²) in [7, 11) is 1.96. The van der Waals surface area contributed by atoms with Gasteiger partial charge < -0.3 is 10.6 Å². The molecule has 0 heterocycles. The second-order valence-corrected chi connectivity index (χ2v) is 8.41. The van der Waals surface area contributed by atoms with Crippen LogP contribution >= 0.6 is 0 Å². The summed E-state index contributed by atoms with van der Waals surface area (Å²) < 4.78 is 0. The van der Waals surface area contributed by atoms with E-state index in [4.69, 9.17) is 10.7 Å². The zero-order valence-corrected chi connectivity index (χ0v) is 16.6. The van der Waals surface area contributed by atoms with Crippen LogP contribution in [0.15, 0.2) is 59.6 Å². The molecule has 0 radical (unpaired) electrons. The summed E-state index contributed by atoms with van der Waals surface area (Å²) in [6, 6.07) is 19.3. The number of aliphatic imine (C=N–C) groups is 1. The first-order valence-electron chi connectivity index (χ1n) is 9.56. The number of anilines is 1. The summed E-state index contributed by atoms with van der Waals surface area (Å²) in [6.07, 6.45) is 2.24. The maximum absolute atomic E-state index is 6.36. The van der Waals surface area contributed by atoms with Crippen molar-refractivity contribution in [3.63, 3.8) is 0 Å². The van der Waals surface area contributed by atoms with Crippen molar-refractivity contribution in [1.82, 2.24) is 0 Å². The van der Waals surface area contributed by atoms with Crippen LogP contribution in [0.25, 0.3) is 10.8 Å². The fourth-order valence-electron chi connectivity index (χ4n) is 3.84. The second-order valence-electron chi connectivity index (χ2n) is 8.41. The quantitative estimate of drug-likeness (QED) is 0.498. The van der Waals surface area contributed by atoms with Crippen molar-refractivity contribution in [2.75, 3.05) is 11.9 Å². The average Bonchev–Trinajstić information content (AvgIpc) is 3.07. The highest BCUT2D eigenvalue weighted by molar-refractivity contribution is 6.02. The Hall–Kier alpha value is -2.81. The first-order chi connectivity index (χ1) is 12.8. The van der Waals surface area contributed by atoms with Gasteiger partial charge in [-0.1, -0.05) is 57.2 Å². The predicted molar refractivity (Wildman–Crippen MR) is 116 cm³/mol. The summed E-state index contributed by atoms with van der Waals surface area (Å²) in [4.78, 5) is 6.71. The normalized spacial score (nSPS) is 14.0. The molecule has 0 fully saturated rings. The zero-order valence-electron chi connectivity index (χ0n) is 16.6. The van der Waals surface area contributed by atoms with Gasteiger partial charge >= 0.3 is 0 Å². The van der Waals surface area contributed by atoms with E-state index in [9.17, 15) is 0 Å². The molecule has 1 aliphatic carbocycles. The molecule has 27 heavy (non-hydrogen) atoms. The first kappa shape index (κ1) is 17.6. The fourth-order valence-corrected chi connectivity index (χ4v) is 3.84. The van der Waals surface area contributed by atoms with E-state index in [0.717, 1.165) is 24.2 Å². The Kier molecular flexibility index (Phi) is 4.18. The molecule has 0 aliphatic heterocycles. The third kappa shape index (κ3) is 3.18. The van der Waals surface area contributed by atoms with Gasteiger partial charge in [-0.2, -0.15) is 0 Å². The lowest BCUT2D eigenvalue weighted by molar-refractivity contribution is 0.590. The van der Waals surface area contributed by atoms with Gasteiger partial charge in [-0.15, -0.1) is 0 Å². The van der Waals surface area contributed by atoms with Gasteiger partial charge in [-0.05, 0) is 58.5 Å². The van der Waals surface area contributed by atoms with Crippen molar-refractivity contribution in [3.8, 4) is 0 Å². The summed E-state index contributed by atoms with van der Waals surface area (Å²) in [5.41, 5.74) is 12.6. The van der Waals surface area contributed by atoms with Crippen LogP contribution in [-0.4, -0.2) is 13.0 Å². The number of benzene rings is 3. The molecule has 2 N–H and O–H groups in total. The molecule has 4 rings (SSSR count). The number of aryl methyl sites for hydroxylation is 2. The van der Waals surface area contributed by atoms with Crippen LogP contribution in [0.1, 0.15) is 37.5 Å². The van der Waals surface area contributed by atoms with Crippen LogP contribution in [0.2, 0.25) is 0 Å². The molecule has 138 valence electrons. The minimum Gasteiger partial charge on any atom is -0.369 e. The van der Waals surface area contributed by atoms with Crippen LogP contribution in [0.4, 0.5) is 11.4 Å². The molecule has 0 unspecified atom stereocenters. The molecule has 0 bridgehead atoms. The number of guanidine groups is 1. The molecule has 0 saturated carbocycles. The lowest BCUT2D eigenvalue weighted by atomic mass is 9.87. The van der Waals surface area contributed by atoms with Crippen molar-refractivity contribution >= 4 is 28.1 Å². The SMILES string of the molecule is CN(C(N)=Nc1ccc2c3c(cccc13)CC2)c1ccc(C(C)(C)C)cc1. The van der Waals surface area contributed by atoms with Crippen LogP contribution in [0.3, 0.4) is 0 Å². The number of nitrogens with zero attached hydrogens (tertiary/aromatic N) is 2. The Morgan fingerprint density at radius 3 is 2.26 bits per heavy atom. The van der Waals surface area contributed by atoms with Crippen LogP contribution in [0, 0.1) is 0 Å². The summed E-state index contributed by atoms with van der Waals surface area (Å²) in [5, 5.41) is 2.56. The van der Waals surface area contributed by atoms with Crippen molar-refractivity contribution in [2.45, 2.75) is 39.0 Å². The molecule has 3 aromatic carbocycles. The van der Waals surface area contributed by atoms with E-state index in [1.807, 2.05) is 11.9 Å². The highest BCUT2D eigenvalue weighted by atomic mass is 15.2. The van der Waals surface area contributed by atoms with Crippen LogP contribution in [-0.2, 0) is 18.3 Å². The maximum Gasteiger partial charge on any atom is 0.200 e. The Morgan fingerprint density at radius 1 is 0.926 bits per heavy atom. The van der Waals surface area contributed by atoms with Crippen molar-refractivity contribution in [3.05, 3.63) is 71.3 Å². The van der Waals surface area contributed by atoms with E-state index in [1.54, 1.807) is 0 Å². The average molecular weight is 358 g/mol. The van der Waals surface area contributed by atoms with E-state index in [1.165, 1.54) is 27.5 Å². The molecular weight excluding hydrogens is 330 g/mol. The number of rotatable bonds is 2. The molecule has 1 aliphatic rings. The van der Waals surface area contributed by atoms with Gasteiger partial charge in [0.05, 0.1) is 5.69 Å². The third-order valence-corrected chi connectivity index (χ3v) is 5.55. The van der Waals surface area contributed by atoms with Crippen molar-refractivity contribution in [1.29, 1.82) is 0 Å². The highest BCUT2D eigenvalue weighted by Gasteiger charge is 2.17. The monoisotopic (exact) mass is 357 g/mol. The zero-order chi connectivity index (χ0) is 19.2. The standard InChI is InChI=1S/C24H27N3/c1-24(2,3)18-11-13-19(14-12-18)27(4)23(25)26-21-15-10-17-9-8-16-6-5-7-20(21)22(16)17/h5-7,10-15H,8-9H2,1-4H3,(H2,25,26). The van der Waals surface area contributed by atoms with Gasteiger partial charge in [0.1, 0.15) is 0 Å². The molecular formula is C24H27N3. The van der Waals surface area contributed by atoms with E-state index in [2.05, 4.69) is 75.4 Å². The van der Waals surface area contributed by atoms with Gasteiger partial charge in [0.2, 0.25) is 5.96 Å². The van der Waals surface area contributed by atoms with Crippen LogP contribution < -0.4 is 10.6 Å². The summed E-state index contributed by atoms with van der Waals surface area (Å²) in [6.45, 7) is 6.66. The Bertz CT molecular complexity index is 1010. The molecule has 0 saturated heterocycles. The number of nitrogens with two attached hydrogens (primary N) is 1. The predicted octanol–water partition coefficient (Wildman–Crippen LogP) is 5.32. The Balaban J connectivity index is 1.68. The number of hydrogen-bond acceptors (Lipinski definition) is 1. The van der Waals surface area contributed by atoms with Gasteiger partial charge in [0, 0.05) is 18.1 Å². The van der Waals surface area contributed by atoms with Gasteiger partial charge in [0.25, 0.3) is 0 Å². The lowest BCUT2D eigenvalue weighted by Gasteiger charge is -2.22. The van der Waals surface area contributed by atoms with E-state index in [-0.39, 0.29) is 5.41 Å². The molecule has 3 nitrogen and oxygen atoms in total. The summed E-state index contributed by atoms with van der Waals surface area (Å²) in [5.74, 6) is 0.497. The topological polar surface area (TPSA) is 41.6 Å². The minimum absolute atomic E-state index is 0.140. The molecule has 0 atom stereocenters. The van der Waals surface area contributed by atoms with Crippen molar-refractivity contribution < 1.29 is 0 Å². The molecule has 0 aromatic heterocycles. The van der Waals surface area contributed by atoms with E-state index < -0.39 is 0 Å². The maximum atomic E-state index is 6.36. The molecule has 3 heteroatoms. The molecule has 3 aromatic rings. The van der Waals surface area contributed by atoms with Crippen molar-refractivity contribution in [2.24, 2.45) is 10.7 Å². The van der Waals surface area contributed by atoms with Crippen LogP contribution in [0.5, 0.6) is 0 Å². The van der Waals surface area contributed by atoms with Gasteiger partial charge in [-0.25, -0.2) is 4.99 Å². The number of hydrogen-bond donors (Lipinski definition) is 1. The Morgan fingerprint density at radius 2 is 1.59 bits per heavy atom. The largest absolute Gasteiger partial charge is 0.369 e.